The minimum atomic E-state index is 0.193. The topological polar surface area (TPSA) is 39.7 Å². The van der Waals surface area contributed by atoms with Gasteiger partial charge in [-0.05, 0) is 50.9 Å². The summed E-state index contributed by atoms with van der Waals surface area (Å²) in [6, 6.07) is 6.12. The molecule has 2 aliphatic rings. The van der Waals surface area contributed by atoms with E-state index in [0.717, 1.165) is 31.9 Å². The van der Waals surface area contributed by atoms with E-state index in [0.29, 0.717) is 6.54 Å². The molecule has 126 valence electrons. The summed E-state index contributed by atoms with van der Waals surface area (Å²) in [6.45, 7) is 4.72. The molecule has 0 aliphatic carbocycles. The molecule has 3 heterocycles. The molecular formula is C18H28N4O. The van der Waals surface area contributed by atoms with Crippen LogP contribution < -0.4 is 0 Å². The Balaban J connectivity index is 1.67. The van der Waals surface area contributed by atoms with Crippen LogP contribution in [0.25, 0.3) is 0 Å². The number of hydrogen-bond acceptors (Lipinski definition) is 4. The van der Waals surface area contributed by atoms with Crippen LogP contribution in [0.1, 0.15) is 31.4 Å². The minimum absolute atomic E-state index is 0.193. The molecule has 2 aliphatic heterocycles. The second-order valence-corrected chi connectivity index (χ2v) is 7.17. The molecule has 0 aromatic carbocycles. The van der Waals surface area contributed by atoms with Gasteiger partial charge in [0.2, 0.25) is 5.91 Å². The molecule has 2 saturated heterocycles. The van der Waals surface area contributed by atoms with Gasteiger partial charge in [0.1, 0.15) is 0 Å². The molecule has 0 unspecified atom stereocenters. The lowest BCUT2D eigenvalue weighted by Crippen LogP contribution is -2.57. The molecule has 3 rings (SSSR count). The Kier molecular flexibility index (Phi) is 4.97. The summed E-state index contributed by atoms with van der Waals surface area (Å²) in [5, 5.41) is 0. The normalized spacial score (nSPS) is 25.8. The van der Waals surface area contributed by atoms with E-state index >= 15 is 0 Å². The smallest absolute Gasteiger partial charge is 0.236 e. The Labute approximate surface area is 139 Å². The van der Waals surface area contributed by atoms with E-state index in [1.165, 1.54) is 25.7 Å². The Bertz CT molecular complexity index is 533. The van der Waals surface area contributed by atoms with Crippen molar-refractivity contribution < 1.29 is 4.79 Å². The third-order valence-corrected chi connectivity index (χ3v) is 5.31. The Morgan fingerprint density at radius 3 is 2.74 bits per heavy atom. The van der Waals surface area contributed by atoms with Crippen LogP contribution in [-0.4, -0.2) is 71.4 Å². The zero-order valence-electron chi connectivity index (χ0n) is 14.4. The molecule has 1 amide bonds. The lowest BCUT2D eigenvalue weighted by atomic mass is 9.86. The molecule has 23 heavy (non-hydrogen) atoms. The van der Waals surface area contributed by atoms with Gasteiger partial charge in [0, 0.05) is 38.9 Å². The summed E-state index contributed by atoms with van der Waals surface area (Å²) in [7, 11) is 3.69. The van der Waals surface area contributed by atoms with Crippen molar-refractivity contribution in [1.29, 1.82) is 0 Å². The predicted octanol–water partition coefficient (Wildman–Crippen LogP) is 1.60. The van der Waals surface area contributed by atoms with Gasteiger partial charge in [-0.2, -0.15) is 0 Å². The molecular weight excluding hydrogens is 288 g/mol. The van der Waals surface area contributed by atoms with Gasteiger partial charge in [-0.3, -0.25) is 19.6 Å². The third-order valence-electron chi connectivity index (χ3n) is 5.31. The second kappa shape index (κ2) is 6.97. The van der Waals surface area contributed by atoms with E-state index in [-0.39, 0.29) is 11.4 Å². The number of pyridine rings is 1. The van der Waals surface area contributed by atoms with E-state index in [2.05, 4.69) is 26.9 Å². The molecule has 5 nitrogen and oxygen atoms in total. The monoisotopic (exact) mass is 316 g/mol. The number of rotatable bonds is 4. The highest BCUT2D eigenvalue weighted by Gasteiger charge is 2.44. The van der Waals surface area contributed by atoms with E-state index in [1.807, 2.05) is 26.4 Å². The summed E-state index contributed by atoms with van der Waals surface area (Å²) in [6.07, 6.45) is 6.71. The quantitative estimate of drug-likeness (QED) is 0.846. The number of piperidine rings is 1. The number of carbonyl (C=O) groups excluding carboxylic acids is 1. The van der Waals surface area contributed by atoms with Crippen LogP contribution in [0.3, 0.4) is 0 Å². The molecule has 1 aromatic heterocycles. The van der Waals surface area contributed by atoms with Crippen molar-refractivity contribution in [3.05, 3.63) is 30.1 Å². The number of amides is 1. The van der Waals surface area contributed by atoms with Crippen LogP contribution >= 0.6 is 0 Å². The number of carbonyl (C=O) groups is 1. The fourth-order valence-corrected chi connectivity index (χ4v) is 4.07. The largest absolute Gasteiger partial charge is 0.348 e. The summed E-state index contributed by atoms with van der Waals surface area (Å²) in [5.41, 5.74) is 1.33. The maximum absolute atomic E-state index is 12.2. The van der Waals surface area contributed by atoms with Crippen molar-refractivity contribution in [2.45, 2.75) is 37.8 Å². The summed E-state index contributed by atoms with van der Waals surface area (Å²) < 4.78 is 0. The van der Waals surface area contributed by atoms with Gasteiger partial charge in [-0.15, -0.1) is 0 Å². The SMILES string of the molecule is CN(C)C(=O)CN1CCC[C@]12CCCN(Cc1ccccn1)C2. The molecule has 1 atom stereocenters. The molecule has 2 fully saturated rings. The van der Waals surface area contributed by atoms with Gasteiger partial charge < -0.3 is 4.90 Å². The highest BCUT2D eigenvalue weighted by Crippen LogP contribution is 2.37. The van der Waals surface area contributed by atoms with Crippen LogP contribution in [0.4, 0.5) is 0 Å². The molecule has 0 saturated carbocycles. The standard InChI is InChI=1S/C18H28N4O/c1-20(2)17(23)14-22-12-6-9-18(22)8-5-11-21(15-18)13-16-7-3-4-10-19-16/h3-4,7,10H,5-6,8-9,11-15H2,1-2H3/t18-/m0/s1. The van der Waals surface area contributed by atoms with E-state index in [1.54, 1.807) is 4.90 Å². The lowest BCUT2D eigenvalue weighted by Gasteiger charge is -2.46. The summed E-state index contributed by atoms with van der Waals surface area (Å²) in [4.78, 5) is 23.3. The average molecular weight is 316 g/mol. The van der Waals surface area contributed by atoms with Gasteiger partial charge in [0.15, 0.2) is 0 Å². The molecule has 0 radical (unpaired) electrons. The fourth-order valence-electron chi connectivity index (χ4n) is 4.07. The van der Waals surface area contributed by atoms with E-state index in [4.69, 9.17) is 0 Å². The predicted molar refractivity (Wildman–Crippen MR) is 91.0 cm³/mol. The Morgan fingerprint density at radius 1 is 1.26 bits per heavy atom. The molecule has 1 spiro atoms. The lowest BCUT2D eigenvalue weighted by molar-refractivity contribution is -0.131. The third kappa shape index (κ3) is 3.72. The summed E-state index contributed by atoms with van der Waals surface area (Å²) >= 11 is 0. The first-order valence-electron chi connectivity index (χ1n) is 8.67. The fraction of sp³-hybridized carbons (Fsp3) is 0.667. The first kappa shape index (κ1) is 16.4. The van der Waals surface area contributed by atoms with Gasteiger partial charge in [0.25, 0.3) is 0 Å². The van der Waals surface area contributed by atoms with Crippen molar-refractivity contribution in [1.82, 2.24) is 19.7 Å². The van der Waals surface area contributed by atoms with Crippen LogP contribution in [0.15, 0.2) is 24.4 Å². The second-order valence-electron chi connectivity index (χ2n) is 7.17. The van der Waals surface area contributed by atoms with Crippen LogP contribution in [0.2, 0.25) is 0 Å². The maximum atomic E-state index is 12.2. The van der Waals surface area contributed by atoms with Gasteiger partial charge >= 0.3 is 0 Å². The highest BCUT2D eigenvalue weighted by molar-refractivity contribution is 5.77. The molecule has 0 N–H and O–H groups in total. The van der Waals surface area contributed by atoms with Crippen LogP contribution in [0.5, 0.6) is 0 Å². The van der Waals surface area contributed by atoms with Crippen molar-refractivity contribution in [3.63, 3.8) is 0 Å². The van der Waals surface area contributed by atoms with Crippen LogP contribution in [0, 0.1) is 0 Å². The maximum Gasteiger partial charge on any atom is 0.236 e. The number of hydrogen-bond donors (Lipinski definition) is 0. The summed E-state index contributed by atoms with van der Waals surface area (Å²) in [5.74, 6) is 0.216. The molecule has 1 aromatic rings. The molecule has 0 bridgehead atoms. The Hall–Kier alpha value is -1.46. The minimum Gasteiger partial charge on any atom is -0.348 e. The van der Waals surface area contributed by atoms with Crippen molar-refractivity contribution in [3.8, 4) is 0 Å². The zero-order valence-corrected chi connectivity index (χ0v) is 14.4. The van der Waals surface area contributed by atoms with Crippen molar-refractivity contribution >= 4 is 5.91 Å². The number of nitrogens with zero attached hydrogens (tertiary/aromatic N) is 4. The first-order chi connectivity index (χ1) is 11.1. The van der Waals surface area contributed by atoms with Gasteiger partial charge in [-0.1, -0.05) is 6.07 Å². The van der Waals surface area contributed by atoms with Gasteiger partial charge in [-0.25, -0.2) is 0 Å². The van der Waals surface area contributed by atoms with Crippen molar-refractivity contribution in [2.75, 3.05) is 40.3 Å². The van der Waals surface area contributed by atoms with E-state index in [9.17, 15) is 4.79 Å². The zero-order chi connectivity index (χ0) is 16.3. The van der Waals surface area contributed by atoms with Crippen molar-refractivity contribution in [2.24, 2.45) is 0 Å². The van der Waals surface area contributed by atoms with Crippen LogP contribution in [-0.2, 0) is 11.3 Å². The first-order valence-corrected chi connectivity index (χ1v) is 8.67. The van der Waals surface area contributed by atoms with E-state index < -0.39 is 0 Å². The average Bonchev–Trinajstić information content (AvgIpc) is 2.90. The number of likely N-dealkylation sites (N-methyl/N-ethyl adjacent to an activating group) is 1. The van der Waals surface area contributed by atoms with Gasteiger partial charge in [0.05, 0.1) is 12.2 Å². The number of aromatic nitrogens is 1. The Morgan fingerprint density at radius 2 is 2.04 bits per heavy atom. The highest BCUT2D eigenvalue weighted by atomic mass is 16.2. The number of likely N-dealkylation sites (tertiary alicyclic amines) is 2. The molecule has 5 heteroatoms.